The van der Waals surface area contributed by atoms with Gasteiger partial charge in [-0.05, 0) is 66.6 Å². The third-order valence-electron chi connectivity index (χ3n) is 5.99. The summed E-state index contributed by atoms with van der Waals surface area (Å²) < 4.78 is 41.9. The Balaban J connectivity index is 1.68. The van der Waals surface area contributed by atoms with Crippen LogP contribution in [0.2, 0.25) is 0 Å². The molecule has 1 heterocycles. The zero-order valence-corrected chi connectivity index (χ0v) is 23.4. The first-order valence-corrected chi connectivity index (χ1v) is 14.7. The van der Waals surface area contributed by atoms with Crippen LogP contribution in [-0.4, -0.2) is 47.8 Å². The summed E-state index contributed by atoms with van der Waals surface area (Å²) in [6.45, 7) is 4.49. The van der Waals surface area contributed by atoms with Gasteiger partial charge in [0.25, 0.3) is 11.6 Å². The monoisotopic (exact) mass is 583 g/mol. The third-order valence-corrected chi connectivity index (χ3v) is 8.97. The lowest BCUT2D eigenvalue weighted by molar-refractivity contribution is -0.384. The Morgan fingerprint density at radius 1 is 1.10 bits per heavy atom. The number of aromatic nitrogens is 1. The highest BCUT2D eigenvalue weighted by Gasteiger charge is 2.25. The molecule has 208 valence electrons. The summed E-state index contributed by atoms with van der Waals surface area (Å²) in [6.07, 6.45) is 2.94. The smallest absolute Gasteiger partial charge is 0.267 e. The van der Waals surface area contributed by atoms with Crippen LogP contribution in [0.15, 0.2) is 76.7 Å². The van der Waals surface area contributed by atoms with Crippen molar-refractivity contribution in [3.63, 3.8) is 0 Å². The van der Waals surface area contributed by atoms with E-state index in [0.717, 1.165) is 29.2 Å². The van der Waals surface area contributed by atoms with Gasteiger partial charge in [-0.15, -0.1) is 0 Å². The van der Waals surface area contributed by atoms with Crippen LogP contribution in [0.3, 0.4) is 0 Å². The molecule has 0 N–H and O–H groups in total. The summed E-state index contributed by atoms with van der Waals surface area (Å²) in [5.41, 5.74) is 1.02. The molecule has 40 heavy (non-hydrogen) atoms. The molecule has 0 aliphatic carbocycles. The minimum Gasteiger partial charge on any atom is -0.267 e. The summed E-state index contributed by atoms with van der Waals surface area (Å²) >= 11 is 1.05. The van der Waals surface area contributed by atoms with Gasteiger partial charge in [0.15, 0.2) is 0 Å². The van der Waals surface area contributed by atoms with Gasteiger partial charge >= 0.3 is 0 Å². The fraction of sp³-hybridized carbons (Fsp3) is 0.222. The zero-order valence-electron chi connectivity index (χ0n) is 21.7. The zero-order chi connectivity index (χ0) is 28.9. The average Bonchev–Trinajstić information content (AvgIpc) is 3.36. The van der Waals surface area contributed by atoms with E-state index in [1.165, 1.54) is 77.2 Å². The van der Waals surface area contributed by atoms with Gasteiger partial charge in [-0.3, -0.25) is 14.9 Å². The van der Waals surface area contributed by atoms with E-state index >= 15 is 0 Å². The standard InChI is InChI=1S/C27H26FN5O5S2/c1-3-5-16-31(4-2)40(37,38)23-13-8-20(9-14-23)26(34)32(27-30-24-15-10-21(28)17-25(24)39-27)29-18-19-6-11-22(12-7-19)33(35)36/h6-15,17-18H,3-5,16H2,1-2H3/b29-18+. The van der Waals surface area contributed by atoms with Crippen molar-refractivity contribution in [2.45, 2.75) is 31.6 Å². The normalized spacial score (nSPS) is 11.9. The topological polar surface area (TPSA) is 126 Å². The van der Waals surface area contributed by atoms with Crippen LogP contribution in [-0.2, 0) is 10.0 Å². The Morgan fingerprint density at radius 3 is 2.42 bits per heavy atom. The van der Waals surface area contributed by atoms with Gasteiger partial charge in [-0.1, -0.05) is 31.6 Å². The van der Waals surface area contributed by atoms with Crippen LogP contribution in [0.4, 0.5) is 15.2 Å². The van der Waals surface area contributed by atoms with Gasteiger partial charge in [-0.2, -0.15) is 14.4 Å². The number of thiazole rings is 1. The maximum Gasteiger partial charge on any atom is 0.280 e. The van der Waals surface area contributed by atoms with Crippen molar-refractivity contribution in [1.29, 1.82) is 0 Å². The van der Waals surface area contributed by atoms with Crippen molar-refractivity contribution in [1.82, 2.24) is 9.29 Å². The van der Waals surface area contributed by atoms with Gasteiger partial charge in [0, 0.05) is 30.8 Å². The fourth-order valence-electron chi connectivity index (χ4n) is 3.80. The minimum atomic E-state index is -3.73. The molecule has 0 aliphatic heterocycles. The summed E-state index contributed by atoms with van der Waals surface area (Å²) in [4.78, 5) is 28.5. The number of hydrogen-bond acceptors (Lipinski definition) is 8. The molecule has 4 rings (SSSR count). The molecule has 0 aliphatic rings. The number of rotatable bonds is 11. The maximum atomic E-state index is 13.8. The molecule has 13 heteroatoms. The van der Waals surface area contributed by atoms with Crippen LogP contribution >= 0.6 is 11.3 Å². The molecule has 0 atom stereocenters. The van der Waals surface area contributed by atoms with Crippen molar-refractivity contribution in [2.75, 3.05) is 18.1 Å². The molecule has 1 amide bonds. The number of amides is 1. The molecule has 0 radical (unpaired) electrons. The van der Waals surface area contributed by atoms with Gasteiger partial charge < -0.3 is 0 Å². The number of carbonyl (C=O) groups excluding carboxylic acids is 1. The highest BCUT2D eigenvalue weighted by molar-refractivity contribution is 7.89. The Morgan fingerprint density at radius 2 is 1.80 bits per heavy atom. The number of hydrogen-bond donors (Lipinski definition) is 0. The van der Waals surface area contributed by atoms with Gasteiger partial charge in [0.1, 0.15) is 5.82 Å². The minimum absolute atomic E-state index is 0.0680. The third kappa shape index (κ3) is 6.38. The van der Waals surface area contributed by atoms with Crippen molar-refractivity contribution < 1.29 is 22.5 Å². The predicted octanol–water partition coefficient (Wildman–Crippen LogP) is 5.84. The second-order valence-corrected chi connectivity index (χ2v) is 11.6. The molecule has 3 aromatic carbocycles. The van der Waals surface area contributed by atoms with Crippen LogP contribution in [0.5, 0.6) is 0 Å². The highest BCUT2D eigenvalue weighted by atomic mass is 32.2. The Bertz CT molecular complexity index is 1660. The molecule has 0 unspecified atom stereocenters. The molecule has 0 spiro atoms. The Kier molecular flexibility index (Phi) is 8.97. The summed E-state index contributed by atoms with van der Waals surface area (Å²) in [6, 6.07) is 15.2. The molecule has 0 fully saturated rings. The molecule has 0 saturated heterocycles. The lowest BCUT2D eigenvalue weighted by atomic mass is 10.2. The molecule has 1 aromatic heterocycles. The molecular weight excluding hydrogens is 557 g/mol. The van der Waals surface area contributed by atoms with Crippen LogP contribution in [0.1, 0.15) is 42.6 Å². The summed E-state index contributed by atoms with van der Waals surface area (Å²) in [5.74, 6) is -1.05. The van der Waals surface area contributed by atoms with Crippen molar-refractivity contribution >= 4 is 54.5 Å². The first-order valence-electron chi connectivity index (χ1n) is 12.4. The van der Waals surface area contributed by atoms with Crippen LogP contribution in [0, 0.1) is 15.9 Å². The number of anilines is 1. The molecule has 0 saturated carbocycles. The summed E-state index contributed by atoms with van der Waals surface area (Å²) in [7, 11) is -3.73. The van der Waals surface area contributed by atoms with Crippen molar-refractivity contribution in [2.24, 2.45) is 5.10 Å². The van der Waals surface area contributed by atoms with E-state index in [4.69, 9.17) is 0 Å². The van der Waals surface area contributed by atoms with E-state index in [2.05, 4.69) is 10.1 Å². The van der Waals surface area contributed by atoms with Crippen LogP contribution in [0.25, 0.3) is 10.2 Å². The number of nitro groups is 1. The molecule has 0 bridgehead atoms. The number of non-ortho nitro benzene ring substituents is 1. The number of fused-ring (bicyclic) bond motifs is 1. The van der Waals surface area contributed by atoms with E-state index in [0.29, 0.717) is 28.9 Å². The Labute approximate surface area is 234 Å². The number of carbonyl (C=O) groups is 1. The molecular formula is C27H26FN5O5S2. The number of sulfonamides is 1. The van der Waals surface area contributed by atoms with E-state index in [-0.39, 0.29) is 21.3 Å². The second kappa shape index (κ2) is 12.4. The quantitative estimate of drug-likeness (QED) is 0.124. The largest absolute Gasteiger partial charge is 0.280 e. The van der Waals surface area contributed by atoms with E-state index in [1.54, 1.807) is 6.92 Å². The first kappa shape index (κ1) is 28.9. The lowest BCUT2D eigenvalue weighted by Gasteiger charge is -2.20. The molecule has 4 aromatic rings. The number of nitro benzene ring substituents is 1. The summed E-state index contributed by atoms with van der Waals surface area (Å²) in [5, 5.41) is 16.4. The first-order chi connectivity index (χ1) is 19.1. The number of unbranched alkanes of at least 4 members (excludes halogenated alkanes) is 1. The van der Waals surface area contributed by atoms with Crippen molar-refractivity contribution in [3.8, 4) is 0 Å². The number of nitrogens with zero attached hydrogens (tertiary/aromatic N) is 5. The lowest BCUT2D eigenvalue weighted by Crippen LogP contribution is -2.32. The van der Waals surface area contributed by atoms with Crippen molar-refractivity contribution in [3.05, 3.63) is 93.8 Å². The van der Waals surface area contributed by atoms with Gasteiger partial charge in [0.05, 0.1) is 26.3 Å². The number of hydrazone groups is 1. The predicted molar refractivity (Wildman–Crippen MR) is 153 cm³/mol. The van der Waals surface area contributed by atoms with E-state index < -0.39 is 26.7 Å². The number of benzene rings is 3. The second-order valence-electron chi connectivity index (χ2n) is 8.69. The van der Waals surface area contributed by atoms with Crippen LogP contribution < -0.4 is 5.01 Å². The fourth-order valence-corrected chi connectivity index (χ4v) is 6.23. The van der Waals surface area contributed by atoms with E-state index in [9.17, 15) is 27.7 Å². The maximum absolute atomic E-state index is 13.8. The van der Waals surface area contributed by atoms with E-state index in [1.807, 2.05) is 6.92 Å². The van der Waals surface area contributed by atoms with Gasteiger partial charge in [0.2, 0.25) is 15.2 Å². The Hall–Kier alpha value is -4.07. The number of halogens is 1. The average molecular weight is 584 g/mol. The van der Waals surface area contributed by atoms with Gasteiger partial charge in [-0.25, -0.2) is 17.8 Å². The highest BCUT2D eigenvalue weighted by Crippen LogP contribution is 2.31. The SMILES string of the molecule is CCCCN(CC)S(=O)(=O)c1ccc(C(=O)N(/N=C/c2ccc([N+](=O)[O-])cc2)c2nc3ccc(F)cc3s2)cc1. The molecule has 10 nitrogen and oxygen atoms in total.